The van der Waals surface area contributed by atoms with Crippen LogP contribution in [0.4, 0.5) is 4.39 Å². The van der Waals surface area contributed by atoms with Crippen LogP contribution in [0.15, 0.2) is 54.6 Å². The molecule has 2 aromatic rings. The summed E-state index contributed by atoms with van der Waals surface area (Å²) in [5.41, 5.74) is 2.25. The van der Waals surface area contributed by atoms with E-state index in [1.165, 1.54) is 29.5 Å². The minimum Gasteiger partial charge on any atom is -0.355 e. The summed E-state index contributed by atoms with van der Waals surface area (Å²) in [6.07, 6.45) is 0. The van der Waals surface area contributed by atoms with Gasteiger partial charge in [0.15, 0.2) is 0 Å². The second kappa shape index (κ2) is 8.59. The second-order valence-corrected chi connectivity index (χ2v) is 6.22. The lowest BCUT2D eigenvalue weighted by Gasteiger charge is -2.13. The molecule has 2 nitrogen and oxygen atoms in total. The van der Waals surface area contributed by atoms with Gasteiger partial charge in [-0.2, -0.15) is 0 Å². The lowest BCUT2D eigenvalue weighted by molar-refractivity contribution is -0.118. The van der Waals surface area contributed by atoms with Gasteiger partial charge < -0.3 is 5.32 Å². The zero-order chi connectivity index (χ0) is 15.8. The van der Waals surface area contributed by atoms with Crippen LogP contribution in [0.1, 0.15) is 24.0 Å². The predicted molar refractivity (Wildman–Crippen MR) is 90.4 cm³/mol. The molecule has 0 saturated heterocycles. The van der Waals surface area contributed by atoms with Crippen LogP contribution < -0.4 is 5.32 Å². The average Bonchev–Trinajstić information content (AvgIpc) is 2.55. The van der Waals surface area contributed by atoms with Crippen molar-refractivity contribution >= 4 is 17.7 Å². The first-order valence-electron chi connectivity index (χ1n) is 7.29. The van der Waals surface area contributed by atoms with Crippen molar-refractivity contribution in [3.8, 4) is 0 Å². The van der Waals surface area contributed by atoms with Crippen molar-refractivity contribution in [3.05, 3.63) is 71.5 Å². The molecule has 0 aromatic heterocycles. The Hall–Kier alpha value is -1.81. The highest BCUT2D eigenvalue weighted by Crippen LogP contribution is 2.14. The van der Waals surface area contributed by atoms with E-state index in [-0.39, 0.29) is 11.7 Å². The fourth-order valence-corrected chi connectivity index (χ4v) is 2.88. The zero-order valence-electron chi connectivity index (χ0n) is 12.6. The molecule has 116 valence electrons. The summed E-state index contributed by atoms with van der Waals surface area (Å²) >= 11 is 1.53. The molecule has 0 aliphatic heterocycles. The van der Waals surface area contributed by atoms with Gasteiger partial charge in [-0.05, 0) is 29.2 Å². The maximum Gasteiger partial charge on any atom is 0.230 e. The number of hydrogen-bond donors (Lipinski definition) is 1. The maximum absolute atomic E-state index is 12.8. The highest BCUT2D eigenvalue weighted by atomic mass is 32.2. The highest BCUT2D eigenvalue weighted by Gasteiger charge is 2.07. The monoisotopic (exact) mass is 317 g/mol. The maximum atomic E-state index is 12.8. The number of carbonyl (C=O) groups is 1. The van der Waals surface area contributed by atoms with E-state index in [9.17, 15) is 9.18 Å². The van der Waals surface area contributed by atoms with E-state index in [1.54, 1.807) is 12.1 Å². The minimum absolute atomic E-state index is 0.0369. The Kier molecular flexibility index (Phi) is 6.46. The number of amides is 1. The SMILES string of the molecule is C[C@H](CNC(=O)CSCc1ccc(F)cc1)c1ccccc1. The standard InChI is InChI=1S/C18H20FNOS/c1-14(16-5-3-2-4-6-16)11-20-18(21)13-22-12-15-7-9-17(19)10-8-15/h2-10,14H,11-13H2,1H3,(H,20,21)/t14-/m1/s1. The molecule has 1 atom stereocenters. The van der Waals surface area contributed by atoms with Gasteiger partial charge in [-0.3, -0.25) is 4.79 Å². The molecule has 0 heterocycles. The minimum atomic E-state index is -0.235. The lowest BCUT2D eigenvalue weighted by Crippen LogP contribution is -2.29. The number of nitrogens with one attached hydrogen (secondary N) is 1. The van der Waals surface area contributed by atoms with Crippen LogP contribution in [0.2, 0.25) is 0 Å². The van der Waals surface area contributed by atoms with Crippen LogP contribution >= 0.6 is 11.8 Å². The number of thioether (sulfide) groups is 1. The Balaban J connectivity index is 1.66. The molecule has 0 bridgehead atoms. The lowest BCUT2D eigenvalue weighted by atomic mass is 10.0. The molecular weight excluding hydrogens is 297 g/mol. The van der Waals surface area contributed by atoms with Crippen molar-refractivity contribution in [1.29, 1.82) is 0 Å². The first-order valence-corrected chi connectivity index (χ1v) is 8.44. The first kappa shape index (κ1) is 16.6. The van der Waals surface area contributed by atoms with Crippen LogP contribution in [-0.4, -0.2) is 18.2 Å². The summed E-state index contributed by atoms with van der Waals surface area (Å²) in [7, 11) is 0. The largest absolute Gasteiger partial charge is 0.355 e. The van der Waals surface area contributed by atoms with Crippen LogP contribution in [0, 0.1) is 5.82 Å². The number of hydrogen-bond acceptors (Lipinski definition) is 2. The van der Waals surface area contributed by atoms with Gasteiger partial charge in [0.25, 0.3) is 0 Å². The Labute approximate surface area is 135 Å². The van der Waals surface area contributed by atoms with E-state index in [0.717, 1.165) is 5.56 Å². The summed E-state index contributed by atoms with van der Waals surface area (Å²) in [4.78, 5) is 11.8. The molecule has 0 fully saturated rings. The van der Waals surface area contributed by atoms with Crippen LogP contribution in [-0.2, 0) is 10.5 Å². The van der Waals surface area contributed by atoms with Crippen LogP contribution in [0.5, 0.6) is 0 Å². The number of rotatable bonds is 7. The van der Waals surface area contributed by atoms with Crippen molar-refractivity contribution in [2.24, 2.45) is 0 Å². The molecule has 4 heteroatoms. The number of halogens is 1. The number of benzene rings is 2. The summed E-state index contributed by atoms with van der Waals surface area (Å²) in [6, 6.07) is 16.5. The van der Waals surface area contributed by atoms with E-state index in [0.29, 0.717) is 24.0 Å². The van der Waals surface area contributed by atoms with Gasteiger partial charge in [0.1, 0.15) is 5.82 Å². The smallest absolute Gasteiger partial charge is 0.230 e. The molecule has 1 N–H and O–H groups in total. The van der Waals surface area contributed by atoms with E-state index >= 15 is 0 Å². The summed E-state index contributed by atoms with van der Waals surface area (Å²) < 4.78 is 12.8. The molecule has 0 spiro atoms. The first-order chi connectivity index (χ1) is 10.6. The Morgan fingerprint density at radius 2 is 1.82 bits per heavy atom. The highest BCUT2D eigenvalue weighted by molar-refractivity contribution is 7.99. The summed E-state index contributed by atoms with van der Waals surface area (Å²) in [5.74, 6) is 1.23. The quantitative estimate of drug-likeness (QED) is 0.837. The normalized spacial score (nSPS) is 11.9. The Morgan fingerprint density at radius 3 is 2.50 bits per heavy atom. The molecule has 0 saturated carbocycles. The van der Waals surface area contributed by atoms with Gasteiger partial charge in [-0.25, -0.2) is 4.39 Å². The molecule has 0 unspecified atom stereocenters. The topological polar surface area (TPSA) is 29.1 Å². The van der Waals surface area contributed by atoms with Crippen LogP contribution in [0.25, 0.3) is 0 Å². The zero-order valence-corrected chi connectivity index (χ0v) is 13.4. The molecule has 1 amide bonds. The molecule has 0 aliphatic rings. The Bertz CT molecular complexity index is 586. The van der Waals surface area contributed by atoms with E-state index in [1.807, 2.05) is 18.2 Å². The van der Waals surface area contributed by atoms with E-state index in [4.69, 9.17) is 0 Å². The third-order valence-electron chi connectivity index (χ3n) is 3.39. The molecule has 0 radical (unpaired) electrons. The van der Waals surface area contributed by atoms with Crippen molar-refractivity contribution < 1.29 is 9.18 Å². The Morgan fingerprint density at radius 1 is 1.14 bits per heavy atom. The fraction of sp³-hybridized carbons (Fsp3) is 0.278. The second-order valence-electron chi connectivity index (χ2n) is 5.24. The molecular formula is C18H20FNOS. The van der Waals surface area contributed by atoms with Crippen molar-refractivity contribution in [2.45, 2.75) is 18.6 Å². The van der Waals surface area contributed by atoms with Gasteiger partial charge in [-0.1, -0.05) is 49.4 Å². The van der Waals surface area contributed by atoms with Crippen molar-refractivity contribution in [3.63, 3.8) is 0 Å². The average molecular weight is 317 g/mol. The van der Waals surface area contributed by atoms with E-state index in [2.05, 4.69) is 24.4 Å². The van der Waals surface area contributed by atoms with Gasteiger partial charge >= 0.3 is 0 Å². The number of carbonyl (C=O) groups excluding carboxylic acids is 1. The summed E-state index contributed by atoms with van der Waals surface area (Å²) in [6.45, 7) is 2.74. The van der Waals surface area contributed by atoms with Crippen LogP contribution in [0.3, 0.4) is 0 Å². The molecule has 2 aromatic carbocycles. The van der Waals surface area contributed by atoms with Gasteiger partial charge in [-0.15, -0.1) is 11.8 Å². The molecule has 2 rings (SSSR count). The van der Waals surface area contributed by atoms with Gasteiger partial charge in [0, 0.05) is 12.3 Å². The predicted octanol–water partition coefficient (Wildman–Crippen LogP) is 3.98. The third kappa shape index (κ3) is 5.53. The van der Waals surface area contributed by atoms with Gasteiger partial charge in [0.2, 0.25) is 5.91 Å². The van der Waals surface area contributed by atoms with Crippen molar-refractivity contribution in [2.75, 3.05) is 12.3 Å². The van der Waals surface area contributed by atoms with Gasteiger partial charge in [0.05, 0.1) is 5.75 Å². The summed E-state index contributed by atoms with van der Waals surface area (Å²) in [5, 5.41) is 2.96. The fourth-order valence-electron chi connectivity index (χ4n) is 2.06. The third-order valence-corrected chi connectivity index (χ3v) is 4.39. The molecule has 22 heavy (non-hydrogen) atoms. The van der Waals surface area contributed by atoms with Crippen molar-refractivity contribution in [1.82, 2.24) is 5.32 Å². The van der Waals surface area contributed by atoms with E-state index < -0.39 is 0 Å². The molecule has 0 aliphatic carbocycles.